The Morgan fingerprint density at radius 3 is 1.13 bits per heavy atom. The molecule has 0 spiro atoms. The molecule has 4 nitrogen and oxygen atoms in total. The Hall–Kier alpha value is -4.96. The number of nitrogens with zero attached hydrogens (tertiary/aromatic N) is 2. The molecule has 0 bridgehead atoms. The van der Waals surface area contributed by atoms with Crippen LogP contribution in [0.2, 0.25) is 0 Å². The molecule has 0 aliphatic heterocycles. The quantitative estimate of drug-likeness (QED) is 0.233. The highest BCUT2D eigenvalue weighted by Gasteiger charge is 2.18. The molecule has 6 aromatic rings. The molecule has 6 rings (SSSR count). The average molecular weight is 495 g/mol. The van der Waals surface area contributed by atoms with Crippen LogP contribution in [0, 0.1) is 0 Å². The molecule has 4 heteroatoms. The van der Waals surface area contributed by atoms with Gasteiger partial charge in [0.1, 0.15) is 22.9 Å². The fourth-order valence-corrected chi connectivity index (χ4v) is 4.84. The molecule has 184 valence electrons. The number of hydrogen-bond donors (Lipinski definition) is 0. The van der Waals surface area contributed by atoms with Gasteiger partial charge in [0.25, 0.3) is 0 Å². The van der Waals surface area contributed by atoms with Crippen molar-refractivity contribution in [1.29, 1.82) is 0 Å². The lowest BCUT2D eigenvalue weighted by molar-refractivity contribution is 0.414. The van der Waals surface area contributed by atoms with Crippen LogP contribution in [0.1, 0.15) is 0 Å². The maximum Gasteiger partial charge on any atom is 0.118 e. The van der Waals surface area contributed by atoms with Crippen LogP contribution in [-0.4, -0.2) is 24.4 Å². The van der Waals surface area contributed by atoms with Gasteiger partial charge in [-0.05, 0) is 82.9 Å². The minimum atomic E-state index is 0.803. The summed E-state index contributed by atoms with van der Waals surface area (Å²) in [5.41, 5.74) is 8.22. The zero-order valence-corrected chi connectivity index (χ0v) is 21.3. The van der Waals surface area contributed by atoms with E-state index in [0.717, 1.165) is 67.0 Å². The molecule has 0 saturated carbocycles. The Balaban J connectivity index is 1.68. The zero-order valence-electron chi connectivity index (χ0n) is 21.3. The Morgan fingerprint density at radius 2 is 0.789 bits per heavy atom. The van der Waals surface area contributed by atoms with Crippen molar-refractivity contribution < 1.29 is 9.47 Å². The third kappa shape index (κ3) is 4.37. The maximum absolute atomic E-state index is 5.38. The van der Waals surface area contributed by atoms with Gasteiger partial charge >= 0.3 is 0 Å². The van der Waals surface area contributed by atoms with Gasteiger partial charge in [-0.15, -0.1) is 10.2 Å². The largest absolute Gasteiger partial charge is 0.497 e. The van der Waals surface area contributed by atoms with Gasteiger partial charge in [0.15, 0.2) is 0 Å². The summed E-state index contributed by atoms with van der Waals surface area (Å²) in [6.07, 6.45) is 0. The third-order valence-corrected chi connectivity index (χ3v) is 6.81. The van der Waals surface area contributed by atoms with E-state index in [1.165, 1.54) is 0 Å². The van der Waals surface area contributed by atoms with E-state index in [1.807, 2.05) is 60.7 Å². The van der Waals surface area contributed by atoms with Gasteiger partial charge in [0, 0.05) is 21.9 Å². The van der Waals surface area contributed by atoms with Crippen LogP contribution in [0.25, 0.3) is 55.5 Å². The van der Waals surface area contributed by atoms with Crippen molar-refractivity contribution in [3.8, 4) is 56.3 Å². The topological polar surface area (TPSA) is 44.2 Å². The Morgan fingerprint density at radius 1 is 0.421 bits per heavy atom. The van der Waals surface area contributed by atoms with Crippen molar-refractivity contribution in [2.75, 3.05) is 14.2 Å². The molecule has 1 aromatic heterocycles. The number of fused-ring (bicyclic) bond motifs is 1. The fourth-order valence-electron chi connectivity index (χ4n) is 4.84. The molecular weight excluding hydrogens is 468 g/mol. The van der Waals surface area contributed by atoms with Gasteiger partial charge in [-0.3, -0.25) is 0 Å². The van der Waals surface area contributed by atoms with E-state index in [1.54, 1.807) is 14.2 Å². The molecular formula is C34H26N2O2. The first-order valence-corrected chi connectivity index (χ1v) is 12.5. The number of rotatable bonds is 6. The second-order valence-electron chi connectivity index (χ2n) is 9.03. The molecule has 0 aliphatic rings. The smallest absolute Gasteiger partial charge is 0.118 e. The lowest BCUT2D eigenvalue weighted by Gasteiger charge is -2.16. The van der Waals surface area contributed by atoms with Crippen LogP contribution in [-0.2, 0) is 0 Å². The summed E-state index contributed by atoms with van der Waals surface area (Å²) in [4.78, 5) is 0. The Bertz CT molecular complexity index is 1570. The van der Waals surface area contributed by atoms with Crippen molar-refractivity contribution in [1.82, 2.24) is 10.2 Å². The van der Waals surface area contributed by atoms with Crippen LogP contribution in [0.15, 0.2) is 121 Å². The summed E-state index contributed by atoms with van der Waals surface area (Å²) in [5.74, 6) is 1.61. The molecule has 5 aromatic carbocycles. The van der Waals surface area contributed by atoms with Gasteiger partial charge < -0.3 is 9.47 Å². The second-order valence-corrected chi connectivity index (χ2v) is 9.03. The van der Waals surface area contributed by atoms with E-state index in [2.05, 4.69) is 60.7 Å². The molecule has 1 heterocycles. The van der Waals surface area contributed by atoms with Crippen LogP contribution < -0.4 is 9.47 Å². The molecule has 0 unspecified atom stereocenters. The summed E-state index contributed by atoms with van der Waals surface area (Å²) in [5, 5.41) is 11.6. The van der Waals surface area contributed by atoms with Crippen molar-refractivity contribution in [2.45, 2.75) is 0 Å². The number of benzene rings is 5. The van der Waals surface area contributed by atoms with Gasteiger partial charge in [0.05, 0.1) is 14.2 Å². The van der Waals surface area contributed by atoms with Crippen molar-refractivity contribution in [2.24, 2.45) is 0 Å². The van der Waals surface area contributed by atoms with Gasteiger partial charge in [-0.1, -0.05) is 60.7 Å². The van der Waals surface area contributed by atoms with Crippen molar-refractivity contribution >= 4 is 10.8 Å². The highest BCUT2D eigenvalue weighted by atomic mass is 16.5. The second kappa shape index (κ2) is 10.2. The highest BCUT2D eigenvalue weighted by Crippen LogP contribution is 2.41. The minimum Gasteiger partial charge on any atom is -0.497 e. The normalized spacial score (nSPS) is 10.9. The van der Waals surface area contributed by atoms with Crippen LogP contribution in [0.5, 0.6) is 11.5 Å². The van der Waals surface area contributed by atoms with E-state index in [9.17, 15) is 0 Å². The predicted molar refractivity (Wildman–Crippen MR) is 154 cm³/mol. The van der Waals surface area contributed by atoms with Crippen molar-refractivity contribution in [3.05, 3.63) is 121 Å². The van der Waals surface area contributed by atoms with Crippen LogP contribution >= 0.6 is 0 Å². The lowest BCUT2D eigenvalue weighted by atomic mass is 9.89. The van der Waals surface area contributed by atoms with E-state index >= 15 is 0 Å². The summed E-state index contributed by atoms with van der Waals surface area (Å²) in [6.45, 7) is 0. The van der Waals surface area contributed by atoms with Gasteiger partial charge in [0.2, 0.25) is 0 Å². The molecule has 38 heavy (non-hydrogen) atoms. The van der Waals surface area contributed by atoms with E-state index in [0.29, 0.717) is 0 Å². The third-order valence-electron chi connectivity index (χ3n) is 6.81. The Labute approximate surface area is 222 Å². The van der Waals surface area contributed by atoms with Crippen LogP contribution in [0.4, 0.5) is 0 Å². The van der Waals surface area contributed by atoms with Crippen LogP contribution in [0.3, 0.4) is 0 Å². The highest BCUT2D eigenvalue weighted by molar-refractivity contribution is 6.07. The molecule has 0 radical (unpaired) electrons. The van der Waals surface area contributed by atoms with Crippen molar-refractivity contribution in [3.63, 3.8) is 0 Å². The van der Waals surface area contributed by atoms with Gasteiger partial charge in [-0.2, -0.15) is 0 Å². The molecule has 0 amide bonds. The average Bonchev–Trinajstić information content (AvgIpc) is 3.01. The minimum absolute atomic E-state index is 0.803. The number of hydrogen-bond acceptors (Lipinski definition) is 4. The molecule has 0 fully saturated rings. The predicted octanol–water partition coefficient (Wildman–Crippen LogP) is 8.32. The monoisotopic (exact) mass is 494 g/mol. The molecule has 0 N–H and O–H groups in total. The summed E-state index contributed by atoms with van der Waals surface area (Å²) < 4.78 is 10.8. The van der Waals surface area contributed by atoms with E-state index in [-0.39, 0.29) is 0 Å². The Kier molecular flexibility index (Phi) is 6.29. The first-order valence-electron chi connectivity index (χ1n) is 12.5. The summed E-state index contributed by atoms with van der Waals surface area (Å²) >= 11 is 0. The first kappa shape index (κ1) is 23.4. The molecule has 0 atom stereocenters. The zero-order chi connectivity index (χ0) is 25.9. The summed E-state index contributed by atoms with van der Waals surface area (Å²) in [7, 11) is 3.34. The maximum atomic E-state index is 5.38. The number of ether oxygens (including phenoxy) is 2. The number of aromatic nitrogens is 2. The number of methoxy groups -OCH3 is 2. The molecule has 0 saturated heterocycles. The molecule has 0 aliphatic carbocycles. The fraction of sp³-hybridized carbons (Fsp3) is 0.0588. The van der Waals surface area contributed by atoms with E-state index in [4.69, 9.17) is 19.7 Å². The first-order chi connectivity index (χ1) is 18.7. The standard InChI is InChI=1S/C34H26N2O2/c1-37-27-17-13-25(14-18-27)33-31-21-29(23-9-5-3-6-10-23)30(24-11-7-4-8-12-24)22-32(31)34(36-35-33)26-15-19-28(38-2)20-16-26/h3-22H,1-2H3. The summed E-state index contributed by atoms with van der Waals surface area (Å²) in [6, 6.07) is 41.5. The van der Waals surface area contributed by atoms with E-state index < -0.39 is 0 Å². The lowest BCUT2D eigenvalue weighted by Crippen LogP contribution is -1.97. The SMILES string of the molecule is COc1ccc(-c2nnc(-c3ccc(OC)cc3)c3cc(-c4ccccc4)c(-c4ccccc4)cc23)cc1. The van der Waals surface area contributed by atoms with Gasteiger partial charge in [-0.25, -0.2) is 0 Å².